The van der Waals surface area contributed by atoms with Gasteiger partial charge in [0.15, 0.2) is 0 Å². The monoisotopic (exact) mass is 267 g/mol. The average molecular weight is 267 g/mol. The summed E-state index contributed by atoms with van der Waals surface area (Å²) >= 11 is 0. The van der Waals surface area contributed by atoms with Crippen molar-refractivity contribution in [2.24, 2.45) is 0 Å². The molecule has 2 aliphatic heterocycles. The quantitative estimate of drug-likeness (QED) is 0.792. The Morgan fingerprint density at radius 2 is 1.53 bits per heavy atom. The smallest absolute Gasteiger partial charge is 0.126 e. The third kappa shape index (κ3) is 9.63. The Kier molecular flexibility index (Phi) is 9.46. The minimum atomic E-state index is -0.240. The molecule has 2 saturated heterocycles. The van der Waals surface area contributed by atoms with Gasteiger partial charge in [0.2, 0.25) is 0 Å². The predicted octanol–water partition coefficient (Wildman–Crippen LogP) is 2.35. The van der Waals surface area contributed by atoms with E-state index in [1.165, 1.54) is 52.6 Å². The molecule has 0 radical (unpaired) electrons. The molecule has 0 saturated carbocycles. The lowest BCUT2D eigenvalue weighted by Crippen LogP contribution is -2.40. The molecule has 0 spiro atoms. The Morgan fingerprint density at radius 3 is 1.79 bits per heavy atom. The maximum absolute atomic E-state index is 9.44. The summed E-state index contributed by atoms with van der Waals surface area (Å²) in [5, 5.41) is 12.0. The molecule has 4 nitrogen and oxygen atoms in total. The molecule has 0 bridgehead atoms. The Bertz CT molecular complexity index is 273. The van der Waals surface area contributed by atoms with Gasteiger partial charge in [-0.15, -0.1) is 0 Å². The van der Waals surface area contributed by atoms with E-state index in [1.54, 1.807) is 0 Å². The molecule has 0 aromatic rings. The molecule has 0 amide bonds. The Morgan fingerprint density at radius 1 is 1.11 bits per heavy atom. The van der Waals surface area contributed by atoms with Crippen LogP contribution in [0.5, 0.6) is 0 Å². The van der Waals surface area contributed by atoms with Gasteiger partial charge in [-0.2, -0.15) is 5.26 Å². The zero-order valence-corrected chi connectivity index (χ0v) is 13.0. The van der Waals surface area contributed by atoms with Crippen LogP contribution in [0.25, 0.3) is 0 Å². The van der Waals surface area contributed by atoms with Crippen molar-refractivity contribution in [2.75, 3.05) is 26.2 Å². The van der Waals surface area contributed by atoms with Crippen molar-refractivity contribution in [3.05, 3.63) is 0 Å². The van der Waals surface area contributed by atoms with Gasteiger partial charge < -0.3 is 10.1 Å². The van der Waals surface area contributed by atoms with Crippen molar-refractivity contribution in [2.45, 2.75) is 58.9 Å². The number of hydrogen-bond acceptors (Lipinski definition) is 4. The van der Waals surface area contributed by atoms with Crippen LogP contribution in [0.2, 0.25) is 0 Å². The number of nitrogens with one attached hydrogen (secondary N) is 1. The van der Waals surface area contributed by atoms with Crippen LogP contribution in [-0.4, -0.2) is 42.4 Å². The summed E-state index contributed by atoms with van der Waals surface area (Å²) in [6.07, 6.45) is 5.29. The van der Waals surface area contributed by atoms with Crippen LogP contribution in [0.3, 0.4) is 0 Å². The van der Waals surface area contributed by atoms with E-state index in [1.807, 2.05) is 13.8 Å². The highest BCUT2D eigenvalue weighted by atomic mass is 16.1. The number of nitrogens with zero attached hydrogens (tertiary/aromatic N) is 2. The summed E-state index contributed by atoms with van der Waals surface area (Å²) in [6.45, 7) is 11.7. The summed E-state index contributed by atoms with van der Waals surface area (Å²) in [5.41, 5.74) is -0.240. The van der Waals surface area contributed by atoms with E-state index < -0.39 is 0 Å². The molecule has 2 heterocycles. The third-order valence-corrected chi connectivity index (χ3v) is 3.13. The Hall–Kier alpha value is -0.920. The van der Waals surface area contributed by atoms with Crippen LogP contribution in [-0.2, 0) is 4.79 Å². The minimum absolute atomic E-state index is 0.167. The molecule has 2 rings (SSSR count). The number of nitriles is 1. The molecule has 0 aromatic carbocycles. The molecule has 1 N–H and O–H groups in total. The van der Waals surface area contributed by atoms with Crippen molar-refractivity contribution in [3.63, 3.8) is 0 Å². The van der Waals surface area contributed by atoms with Gasteiger partial charge in [-0.1, -0.05) is 0 Å². The van der Waals surface area contributed by atoms with E-state index in [9.17, 15) is 4.79 Å². The molecular weight excluding hydrogens is 238 g/mol. The van der Waals surface area contributed by atoms with E-state index in [0.717, 1.165) is 13.1 Å². The van der Waals surface area contributed by atoms with E-state index in [0.29, 0.717) is 0 Å². The van der Waals surface area contributed by atoms with Crippen LogP contribution >= 0.6 is 0 Å². The number of Topliss-reactive ketones (excluding diaryl/α,β-unsaturated/α-hetero) is 1. The fraction of sp³-hybridized carbons (Fsp3) is 0.867. The zero-order chi connectivity index (χ0) is 14.7. The number of ketones is 1. The molecule has 0 aliphatic carbocycles. The van der Waals surface area contributed by atoms with Gasteiger partial charge in [-0.25, -0.2) is 0 Å². The largest absolute Gasteiger partial charge is 0.317 e. The maximum Gasteiger partial charge on any atom is 0.126 e. The van der Waals surface area contributed by atoms with Gasteiger partial charge >= 0.3 is 0 Å². The first-order valence-electron chi connectivity index (χ1n) is 7.24. The molecule has 19 heavy (non-hydrogen) atoms. The fourth-order valence-electron chi connectivity index (χ4n) is 1.97. The second kappa shape index (κ2) is 9.94. The number of rotatable bonds is 1. The summed E-state index contributed by atoms with van der Waals surface area (Å²) in [5.74, 6) is 0.167. The third-order valence-electron chi connectivity index (χ3n) is 3.13. The van der Waals surface area contributed by atoms with E-state index >= 15 is 0 Å². The first-order valence-corrected chi connectivity index (χ1v) is 7.24. The van der Waals surface area contributed by atoms with Crippen molar-refractivity contribution in [1.29, 1.82) is 5.26 Å². The second-order valence-corrected chi connectivity index (χ2v) is 5.73. The van der Waals surface area contributed by atoms with E-state index in [4.69, 9.17) is 5.26 Å². The number of carbonyl (C=O) groups is 1. The van der Waals surface area contributed by atoms with Crippen molar-refractivity contribution in [1.82, 2.24) is 10.2 Å². The lowest BCUT2D eigenvalue weighted by atomic mass is 10.1. The lowest BCUT2D eigenvalue weighted by molar-refractivity contribution is -0.114. The van der Waals surface area contributed by atoms with Gasteiger partial charge in [-0.05, 0) is 79.6 Å². The minimum Gasteiger partial charge on any atom is -0.317 e. The number of carbonyl (C=O) groups excluding carboxylic acids is 1. The SMILES string of the molecule is C1CCNC1.CC(C)(C#N)N1CCCC1.CC(C)=O. The van der Waals surface area contributed by atoms with Gasteiger partial charge in [0.05, 0.1) is 6.07 Å². The number of hydrogen-bond donors (Lipinski definition) is 1. The molecule has 0 aromatic heterocycles. The zero-order valence-electron chi connectivity index (χ0n) is 13.0. The second-order valence-electron chi connectivity index (χ2n) is 5.73. The normalized spacial score (nSPS) is 18.7. The molecular formula is C15H29N3O. The van der Waals surface area contributed by atoms with E-state index in [-0.39, 0.29) is 11.3 Å². The molecule has 2 aliphatic rings. The van der Waals surface area contributed by atoms with Gasteiger partial charge in [-0.3, -0.25) is 4.90 Å². The molecule has 4 heteroatoms. The van der Waals surface area contributed by atoms with Crippen LogP contribution < -0.4 is 5.32 Å². The van der Waals surface area contributed by atoms with Gasteiger partial charge in [0.1, 0.15) is 11.3 Å². The van der Waals surface area contributed by atoms with Crippen LogP contribution in [0, 0.1) is 11.3 Å². The first kappa shape index (κ1) is 18.1. The van der Waals surface area contributed by atoms with E-state index in [2.05, 4.69) is 16.3 Å². The summed E-state index contributed by atoms with van der Waals surface area (Å²) in [6, 6.07) is 2.31. The highest BCUT2D eigenvalue weighted by molar-refractivity contribution is 5.72. The fourth-order valence-corrected chi connectivity index (χ4v) is 1.97. The first-order chi connectivity index (χ1) is 8.90. The van der Waals surface area contributed by atoms with Crippen molar-refractivity contribution in [3.8, 4) is 6.07 Å². The van der Waals surface area contributed by atoms with Gasteiger partial charge in [0.25, 0.3) is 0 Å². The number of likely N-dealkylation sites (tertiary alicyclic amines) is 1. The highest BCUT2D eigenvalue weighted by Gasteiger charge is 2.28. The summed E-state index contributed by atoms with van der Waals surface area (Å²) in [4.78, 5) is 11.7. The lowest BCUT2D eigenvalue weighted by Gasteiger charge is -2.27. The average Bonchev–Trinajstić information content (AvgIpc) is 3.04. The Labute approximate surface area is 118 Å². The molecule has 2 fully saturated rings. The van der Waals surface area contributed by atoms with Crippen LogP contribution in [0.15, 0.2) is 0 Å². The summed E-state index contributed by atoms with van der Waals surface area (Å²) < 4.78 is 0. The van der Waals surface area contributed by atoms with Crippen molar-refractivity contribution < 1.29 is 4.79 Å². The predicted molar refractivity (Wildman–Crippen MR) is 79.0 cm³/mol. The molecule has 110 valence electrons. The standard InChI is InChI=1S/C8H14N2.C4H9N.C3H6O/c1-8(2,7-9)10-5-3-4-6-10;1-2-4-5-3-1;1-3(2)4/h3-6H2,1-2H3;5H,1-4H2;1-2H3. The summed E-state index contributed by atoms with van der Waals surface area (Å²) in [7, 11) is 0. The maximum atomic E-state index is 9.44. The van der Waals surface area contributed by atoms with Crippen molar-refractivity contribution >= 4 is 5.78 Å². The topological polar surface area (TPSA) is 56.1 Å². The molecule has 0 atom stereocenters. The van der Waals surface area contributed by atoms with Gasteiger partial charge in [0, 0.05) is 0 Å². The Balaban J connectivity index is 0.000000300. The van der Waals surface area contributed by atoms with Crippen LogP contribution in [0.4, 0.5) is 0 Å². The highest BCUT2D eigenvalue weighted by Crippen LogP contribution is 2.19. The molecule has 0 unspecified atom stereocenters. The van der Waals surface area contributed by atoms with Crippen LogP contribution in [0.1, 0.15) is 53.4 Å².